The molecule has 3 aromatic heterocycles. The average Bonchev–Trinajstić information content (AvgIpc) is 3.31. The fourth-order valence-corrected chi connectivity index (χ4v) is 3.27. The second kappa shape index (κ2) is 6.18. The summed E-state index contributed by atoms with van der Waals surface area (Å²) < 4.78 is 2.16. The predicted octanol–water partition coefficient (Wildman–Crippen LogP) is 2.40. The number of hydrogen-bond donors (Lipinski definition) is 1. The van der Waals surface area contributed by atoms with Gasteiger partial charge in [-0.1, -0.05) is 24.0 Å². The predicted molar refractivity (Wildman–Crippen MR) is 101 cm³/mol. The summed E-state index contributed by atoms with van der Waals surface area (Å²) in [6, 6.07) is 7.87. The summed E-state index contributed by atoms with van der Waals surface area (Å²) in [4.78, 5) is 21.5. The number of hydrogen-bond acceptors (Lipinski definition) is 6. The van der Waals surface area contributed by atoms with Gasteiger partial charge in [0.05, 0.1) is 12.1 Å². The van der Waals surface area contributed by atoms with E-state index in [2.05, 4.69) is 41.3 Å². The molecule has 1 aromatic carbocycles. The van der Waals surface area contributed by atoms with Crippen LogP contribution in [-0.2, 0) is 6.54 Å². The molecule has 1 aliphatic rings. The van der Waals surface area contributed by atoms with E-state index in [0.717, 1.165) is 29.9 Å². The lowest BCUT2D eigenvalue weighted by Crippen LogP contribution is -1.98. The highest BCUT2D eigenvalue weighted by Gasteiger charge is 2.21. The maximum absolute atomic E-state index is 5.91. The monoisotopic (exact) mass is 353 g/mol. The van der Waals surface area contributed by atoms with Crippen molar-refractivity contribution in [1.82, 2.24) is 29.5 Å². The third kappa shape index (κ3) is 2.77. The fraction of sp³-hybridized carbons (Fsp3) is 0.150. The molecule has 130 valence electrons. The van der Waals surface area contributed by atoms with E-state index >= 15 is 0 Å². The van der Waals surface area contributed by atoms with Gasteiger partial charge >= 0.3 is 0 Å². The summed E-state index contributed by atoms with van der Waals surface area (Å²) >= 11 is 0. The van der Waals surface area contributed by atoms with Crippen molar-refractivity contribution in [2.45, 2.75) is 18.9 Å². The number of rotatable bonds is 1. The molecule has 5 rings (SSSR count). The van der Waals surface area contributed by atoms with Gasteiger partial charge in [-0.05, 0) is 18.6 Å². The van der Waals surface area contributed by atoms with Crippen molar-refractivity contribution < 1.29 is 0 Å². The maximum Gasteiger partial charge on any atom is 0.160 e. The average molecular weight is 353 g/mol. The van der Waals surface area contributed by atoms with Gasteiger partial charge in [-0.2, -0.15) is 0 Å². The topological polar surface area (TPSA) is 95.4 Å². The minimum absolute atomic E-state index is 0.178. The molecule has 2 N–H and O–H groups in total. The smallest absolute Gasteiger partial charge is 0.160 e. The quantitative estimate of drug-likeness (QED) is 0.528. The van der Waals surface area contributed by atoms with E-state index in [1.807, 2.05) is 36.7 Å². The zero-order valence-electron chi connectivity index (χ0n) is 14.4. The Morgan fingerprint density at radius 3 is 3.07 bits per heavy atom. The van der Waals surface area contributed by atoms with Crippen molar-refractivity contribution >= 4 is 16.9 Å². The molecule has 1 atom stereocenters. The summed E-state index contributed by atoms with van der Waals surface area (Å²) in [5.41, 5.74) is 8.88. The molecule has 4 aromatic rings. The molecule has 0 saturated heterocycles. The van der Waals surface area contributed by atoms with Gasteiger partial charge in [0, 0.05) is 30.1 Å². The highest BCUT2D eigenvalue weighted by Crippen LogP contribution is 2.25. The molecule has 7 nitrogen and oxygen atoms in total. The largest absolute Gasteiger partial charge is 0.382 e. The summed E-state index contributed by atoms with van der Waals surface area (Å²) in [6.07, 6.45) is 7.90. The number of imidazole rings is 1. The first kappa shape index (κ1) is 15.5. The van der Waals surface area contributed by atoms with E-state index in [9.17, 15) is 0 Å². The van der Waals surface area contributed by atoms with E-state index in [0.29, 0.717) is 22.7 Å². The Morgan fingerprint density at radius 1 is 1.15 bits per heavy atom. The molecule has 0 amide bonds. The molecule has 0 unspecified atom stereocenters. The molecule has 0 fully saturated rings. The van der Waals surface area contributed by atoms with Gasteiger partial charge in [-0.25, -0.2) is 24.9 Å². The number of aryl methyl sites for hydroxylation is 1. The molecule has 0 radical (unpaired) electrons. The SMILES string of the molecule is Nc1ncnc2cnc(-c3cccc(C#C[C@@H]4CCn5ccnc54)c3)nc12. The van der Waals surface area contributed by atoms with E-state index in [-0.39, 0.29) is 5.92 Å². The Labute approximate surface area is 155 Å². The minimum atomic E-state index is 0.178. The third-order valence-electron chi connectivity index (χ3n) is 4.64. The van der Waals surface area contributed by atoms with Crippen LogP contribution in [0.3, 0.4) is 0 Å². The Bertz CT molecular complexity index is 1220. The van der Waals surface area contributed by atoms with Crippen LogP contribution in [0, 0.1) is 11.8 Å². The summed E-state index contributed by atoms with van der Waals surface area (Å²) in [6.45, 7) is 0.975. The number of nitrogens with two attached hydrogens (primary N) is 1. The van der Waals surface area contributed by atoms with Crippen LogP contribution in [0.25, 0.3) is 22.4 Å². The molecule has 7 heteroatoms. The first-order valence-corrected chi connectivity index (χ1v) is 8.64. The Hall–Kier alpha value is -3.79. The molecule has 0 saturated carbocycles. The molecule has 4 heterocycles. The summed E-state index contributed by atoms with van der Waals surface area (Å²) in [7, 11) is 0. The van der Waals surface area contributed by atoms with Crippen LogP contribution >= 0.6 is 0 Å². The van der Waals surface area contributed by atoms with Crippen LogP contribution in [0.4, 0.5) is 5.82 Å². The van der Waals surface area contributed by atoms with Crippen molar-refractivity contribution in [3.8, 4) is 23.2 Å². The highest BCUT2D eigenvalue weighted by molar-refractivity contribution is 5.84. The molecule has 27 heavy (non-hydrogen) atoms. The van der Waals surface area contributed by atoms with Gasteiger partial charge in [0.1, 0.15) is 23.2 Å². The lowest BCUT2D eigenvalue weighted by Gasteiger charge is -2.04. The van der Waals surface area contributed by atoms with Gasteiger partial charge in [0.2, 0.25) is 0 Å². The molecular weight excluding hydrogens is 338 g/mol. The van der Waals surface area contributed by atoms with Crippen LogP contribution in [0.2, 0.25) is 0 Å². The van der Waals surface area contributed by atoms with Gasteiger partial charge in [-0.3, -0.25) is 0 Å². The van der Waals surface area contributed by atoms with Gasteiger partial charge < -0.3 is 10.3 Å². The first-order valence-electron chi connectivity index (χ1n) is 8.64. The molecular formula is C20H15N7. The number of fused-ring (bicyclic) bond motifs is 2. The number of aromatic nitrogens is 6. The Balaban J connectivity index is 1.48. The van der Waals surface area contributed by atoms with Crippen LogP contribution in [-0.4, -0.2) is 29.5 Å². The summed E-state index contributed by atoms with van der Waals surface area (Å²) in [5, 5.41) is 0. The molecule has 0 spiro atoms. The Kier molecular flexibility index (Phi) is 3.54. The van der Waals surface area contributed by atoms with Gasteiger partial charge in [0.15, 0.2) is 11.6 Å². The number of anilines is 1. The van der Waals surface area contributed by atoms with Crippen LogP contribution in [0.15, 0.2) is 49.2 Å². The number of nitrogen functional groups attached to an aromatic ring is 1. The maximum atomic E-state index is 5.91. The van der Waals surface area contributed by atoms with E-state index < -0.39 is 0 Å². The van der Waals surface area contributed by atoms with Crippen molar-refractivity contribution in [2.75, 3.05) is 5.73 Å². The van der Waals surface area contributed by atoms with Gasteiger partial charge in [0.25, 0.3) is 0 Å². The van der Waals surface area contributed by atoms with Crippen molar-refractivity contribution in [2.24, 2.45) is 0 Å². The van der Waals surface area contributed by atoms with Crippen LogP contribution in [0.1, 0.15) is 23.7 Å². The van der Waals surface area contributed by atoms with E-state index in [1.54, 1.807) is 6.20 Å². The third-order valence-corrected chi connectivity index (χ3v) is 4.64. The van der Waals surface area contributed by atoms with Gasteiger partial charge in [-0.15, -0.1) is 0 Å². The lowest BCUT2D eigenvalue weighted by molar-refractivity contribution is 0.735. The fourth-order valence-electron chi connectivity index (χ4n) is 3.27. The number of nitrogens with zero attached hydrogens (tertiary/aromatic N) is 6. The highest BCUT2D eigenvalue weighted by atomic mass is 15.1. The second-order valence-electron chi connectivity index (χ2n) is 6.36. The normalized spacial score (nSPS) is 15.3. The number of benzene rings is 1. The van der Waals surface area contributed by atoms with E-state index in [4.69, 9.17) is 5.73 Å². The zero-order chi connectivity index (χ0) is 18.2. The molecule has 1 aliphatic heterocycles. The standard InChI is InChI=1S/C20H15N7/c21-18-17-16(24-12-25-18)11-23-19(26-17)15-3-1-2-13(10-15)4-5-14-6-8-27-9-7-22-20(14)27/h1-3,7,9-12,14H,6,8H2,(H2,21,24,25)/t14-/m1/s1. The molecule has 0 aliphatic carbocycles. The Morgan fingerprint density at radius 2 is 2.11 bits per heavy atom. The zero-order valence-corrected chi connectivity index (χ0v) is 14.4. The van der Waals surface area contributed by atoms with Crippen molar-refractivity contribution in [1.29, 1.82) is 0 Å². The van der Waals surface area contributed by atoms with E-state index in [1.165, 1.54) is 6.33 Å². The van der Waals surface area contributed by atoms with Crippen molar-refractivity contribution in [3.05, 3.63) is 60.6 Å². The van der Waals surface area contributed by atoms with Crippen LogP contribution in [0.5, 0.6) is 0 Å². The summed E-state index contributed by atoms with van der Waals surface area (Å²) in [5.74, 6) is 8.75. The van der Waals surface area contributed by atoms with Crippen LogP contribution < -0.4 is 5.73 Å². The van der Waals surface area contributed by atoms with Crippen molar-refractivity contribution in [3.63, 3.8) is 0 Å². The first-order chi connectivity index (χ1) is 13.3. The second-order valence-corrected chi connectivity index (χ2v) is 6.36. The molecule has 0 bridgehead atoms. The lowest BCUT2D eigenvalue weighted by atomic mass is 10.1. The minimum Gasteiger partial charge on any atom is -0.382 e.